The summed E-state index contributed by atoms with van der Waals surface area (Å²) < 4.78 is 0. The molecular formula is C22H31N5O2. The average molecular weight is 398 g/mol. The highest BCUT2D eigenvalue weighted by molar-refractivity contribution is 5.97. The molecule has 0 spiro atoms. The summed E-state index contributed by atoms with van der Waals surface area (Å²) in [6, 6.07) is 6.09. The molecule has 2 aromatic rings. The zero-order chi connectivity index (χ0) is 20.1. The number of hydrogen-bond acceptors (Lipinski definition) is 4. The molecule has 7 heteroatoms. The van der Waals surface area contributed by atoms with Crippen molar-refractivity contribution in [2.24, 2.45) is 0 Å². The highest BCUT2D eigenvalue weighted by Crippen LogP contribution is 2.21. The standard InChI is InChI=1S/C22H31N5O2/c28-20-16-18-8-1-3-11-26(18)13-6-14-27(12-4-2-9-23-20)22(29)19-15-17-7-5-10-24-21(17)25-19/h5,7,10,15,18H,1-4,6,8-9,11-14,16H2,(H,23,28)(H,24,25). The summed E-state index contributed by atoms with van der Waals surface area (Å²) in [6.07, 6.45) is 8.53. The Morgan fingerprint density at radius 3 is 2.79 bits per heavy atom. The number of carbonyl (C=O) groups excluding carboxylic acids is 2. The molecule has 1 unspecified atom stereocenters. The van der Waals surface area contributed by atoms with Crippen LogP contribution in [0.3, 0.4) is 0 Å². The fourth-order valence-corrected chi connectivity index (χ4v) is 4.55. The summed E-state index contributed by atoms with van der Waals surface area (Å²) in [4.78, 5) is 37.3. The van der Waals surface area contributed by atoms with Crippen LogP contribution in [0.2, 0.25) is 0 Å². The first-order chi connectivity index (χ1) is 14.2. The van der Waals surface area contributed by atoms with E-state index >= 15 is 0 Å². The minimum atomic E-state index is 0.0390. The topological polar surface area (TPSA) is 81.3 Å². The molecule has 1 atom stereocenters. The molecule has 2 N–H and O–H groups in total. The van der Waals surface area contributed by atoms with Gasteiger partial charge in [-0.15, -0.1) is 0 Å². The first kappa shape index (κ1) is 19.9. The van der Waals surface area contributed by atoms with Crippen molar-refractivity contribution < 1.29 is 9.59 Å². The van der Waals surface area contributed by atoms with E-state index in [9.17, 15) is 9.59 Å². The highest BCUT2D eigenvalue weighted by atomic mass is 16.2. The van der Waals surface area contributed by atoms with Crippen molar-refractivity contribution >= 4 is 22.8 Å². The number of carbonyl (C=O) groups is 2. The summed E-state index contributed by atoms with van der Waals surface area (Å²) in [6.45, 7) is 4.13. The number of rotatable bonds is 1. The molecule has 7 nitrogen and oxygen atoms in total. The van der Waals surface area contributed by atoms with Gasteiger partial charge in [0.2, 0.25) is 5.91 Å². The fraction of sp³-hybridized carbons (Fsp3) is 0.591. The van der Waals surface area contributed by atoms with Crippen molar-refractivity contribution in [3.63, 3.8) is 0 Å². The molecule has 0 aromatic carbocycles. The van der Waals surface area contributed by atoms with Gasteiger partial charge in [-0.3, -0.25) is 14.5 Å². The molecule has 2 aromatic heterocycles. The third-order valence-corrected chi connectivity index (χ3v) is 6.13. The molecule has 4 heterocycles. The predicted molar refractivity (Wildman–Crippen MR) is 113 cm³/mol. The van der Waals surface area contributed by atoms with Gasteiger partial charge < -0.3 is 15.2 Å². The molecule has 2 aliphatic heterocycles. The second-order valence-electron chi connectivity index (χ2n) is 8.22. The summed E-state index contributed by atoms with van der Waals surface area (Å²) in [5, 5.41) is 4.02. The molecule has 0 aliphatic carbocycles. The van der Waals surface area contributed by atoms with Gasteiger partial charge in [-0.25, -0.2) is 4.98 Å². The SMILES string of the molecule is O=C1CC2CCCCN2CCCN(C(=O)c2cc3cccnc3[nH]2)CCCCN1. The largest absolute Gasteiger partial charge is 0.356 e. The molecular weight excluding hydrogens is 366 g/mol. The third-order valence-electron chi connectivity index (χ3n) is 6.13. The minimum absolute atomic E-state index is 0.0390. The van der Waals surface area contributed by atoms with E-state index in [-0.39, 0.29) is 11.8 Å². The van der Waals surface area contributed by atoms with E-state index in [0.717, 1.165) is 56.4 Å². The Hall–Kier alpha value is -2.41. The van der Waals surface area contributed by atoms with Gasteiger partial charge in [0.15, 0.2) is 0 Å². The fourth-order valence-electron chi connectivity index (χ4n) is 4.55. The average Bonchev–Trinajstić information content (AvgIpc) is 3.17. The van der Waals surface area contributed by atoms with Gasteiger partial charge in [-0.1, -0.05) is 6.42 Å². The van der Waals surface area contributed by atoms with E-state index in [4.69, 9.17) is 0 Å². The Morgan fingerprint density at radius 1 is 1.07 bits per heavy atom. The molecule has 29 heavy (non-hydrogen) atoms. The van der Waals surface area contributed by atoms with E-state index in [1.807, 2.05) is 23.1 Å². The van der Waals surface area contributed by atoms with Gasteiger partial charge in [-0.05, 0) is 56.8 Å². The molecule has 2 saturated heterocycles. The second-order valence-corrected chi connectivity index (χ2v) is 8.22. The lowest BCUT2D eigenvalue weighted by Crippen LogP contribution is -2.44. The lowest BCUT2D eigenvalue weighted by molar-refractivity contribution is -0.122. The Balaban J connectivity index is 1.46. The number of amides is 2. The van der Waals surface area contributed by atoms with Gasteiger partial charge in [-0.2, -0.15) is 0 Å². The van der Waals surface area contributed by atoms with Crippen LogP contribution in [0.4, 0.5) is 0 Å². The van der Waals surface area contributed by atoms with Crippen molar-refractivity contribution in [2.75, 3.05) is 32.7 Å². The maximum absolute atomic E-state index is 13.2. The number of H-pyrrole nitrogens is 1. The van der Waals surface area contributed by atoms with Crippen LogP contribution in [-0.2, 0) is 4.79 Å². The van der Waals surface area contributed by atoms with Crippen LogP contribution < -0.4 is 5.32 Å². The van der Waals surface area contributed by atoms with Crippen molar-refractivity contribution in [1.29, 1.82) is 0 Å². The highest BCUT2D eigenvalue weighted by Gasteiger charge is 2.25. The molecule has 2 fully saturated rings. The Labute approximate surface area is 171 Å². The Bertz CT molecular complexity index is 816. The van der Waals surface area contributed by atoms with Crippen LogP contribution in [0.25, 0.3) is 11.0 Å². The predicted octanol–water partition coefficient (Wildman–Crippen LogP) is 2.55. The maximum Gasteiger partial charge on any atom is 0.270 e. The summed E-state index contributed by atoms with van der Waals surface area (Å²) in [7, 11) is 0. The van der Waals surface area contributed by atoms with Gasteiger partial charge in [0.25, 0.3) is 5.91 Å². The van der Waals surface area contributed by atoms with Gasteiger partial charge in [0.1, 0.15) is 11.3 Å². The third kappa shape index (κ3) is 4.96. The van der Waals surface area contributed by atoms with Crippen LogP contribution in [0, 0.1) is 0 Å². The van der Waals surface area contributed by atoms with Gasteiger partial charge >= 0.3 is 0 Å². The molecule has 156 valence electrons. The van der Waals surface area contributed by atoms with Crippen LogP contribution >= 0.6 is 0 Å². The molecule has 2 aliphatic rings. The number of nitrogens with zero attached hydrogens (tertiary/aromatic N) is 3. The number of nitrogens with one attached hydrogen (secondary N) is 2. The zero-order valence-corrected chi connectivity index (χ0v) is 17.0. The maximum atomic E-state index is 13.2. The number of aromatic nitrogens is 2. The number of pyridine rings is 1. The smallest absolute Gasteiger partial charge is 0.270 e. The Morgan fingerprint density at radius 2 is 1.90 bits per heavy atom. The number of fused-ring (bicyclic) bond motifs is 2. The van der Waals surface area contributed by atoms with Crippen molar-refractivity contribution in [3.8, 4) is 0 Å². The molecule has 4 rings (SSSR count). The first-order valence-corrected chi connectivity index (χ1v) is 10.9. The summed E-state index contributed by atoms with van der Waals surface area (Å²) in [5.41, 5.74) is 1.35. The van der Waals surface area contributed by atoms with Crippen molar-refractivity contribution in [2.45, 2.75) is 51.0 Å². The van der Waals surface area contributed by atoms with Crippen LogP contribution in [0.1, 0.15) is 55.4 Å². The van der Waals surface area contributed by atoms with E-state index in [1.54, 1.807) is 6.20 Å². The number of hydrogen-bond donors (Lipinski definition) is 2. The molecule has 0 saturated carbocycles. The van der Waals surface area contributed by atoms with Crippen LogP contribution in [0.5, 0.6) is 0 Å². The summed E-state index contributed by atoms with van der Waals surface area (Å²) >= 11 is 0. The van der Waals surface area contributed by atoms with E-state index < -0.39 is 0 Å². The minimum Gasteiger partial charge on any atom is -0.356 e. The molecule has 0 radical (unpaired) electrons. The second kappa shape index (κ2) is 9.39. The monoisotopic (exact) mass is 397 g/mol. The normalized spacial score (nSPS) is 22.8. The quantitative estimate of drug-likeness (QED) is 0.775. The number of piperidine rings is 1. The van der Waals surface area contributed by atoms with Crippen molar-refractivity contribution in [3.05, 3.63) is 30.1 Å². The van der Waals surface area contributed by atoms with Crippen LogP contribution in [0.15, 0.2) is 24.4 Å². The molecule has 2 amide bonds. The Kier molecular flexibility index (Phi) is 6.44. The summed E-state index contributed by atoms with van der Waals surface area (Å²) in [5.74, 6) is 0.205. The van der Waals surface area contributed by atoms with Crippen LogP contribution in [-0.4, -0.2) is 70.3 Å². The van der Waals surface area contributed by atoms with E-state index in [2.05, 4.69) is 20.2 Å². The lowest BCUT2D eigenvalue weighted by Gasteiger charge is -2.35. The van der Waals surface area contributed by atoms with E-state index in [1.165, 1.54) is 12.8 Å². The van der Waals surface area contributed by atoms with Crippen molar-refractivity contribution in [1.82, 2.24) is 25.1 Å². The van der Waals surface area contributed by atoms with Gasteiger partial charge in [0.05, 0.1) is 0 Å². The van der Waals surface area contributed by atoms with E-state index in [0.29, 0.717) is 31.2 Å². The van der Waals surface area contributed by atoms with Gasteiger partial charge in [0, 0.05) is 50.2 Å². The molecule has 0 bridgehead atoms. The zero-order valence-electron chi connectivity index (χ0n) is 17.0. The lowest BCUT2D eigenvalue weighted by atomic mass is 9.98. The first-order valence-electron chi connectivity index (χ1n) is 10.9. The number of aromatic amines is 1.